The Balaban J connectivity index is 1.34. The zero-order valence-corrected chi connectivity index (χ0v) is 42.7. The Morgan fingerprint density at radius 1 is 0.785 bits per heavy atom. The molecule has 6 rings (SSSR count). The smallest absolute Gasteiger partial charge is 0.407 e. The van der Waals surface area contributed by atoms with Gasteiger partial charge in [-0.2, -0.15) is 40.2 Å². The minimum Gasteiger partial charge on any atom is -0.465 e. The van der Waals surface area contributed by atoms with Crippen molar-refractivity contribution >= 4 is 29.9 Å². The molecule has 4 unspecified atom stereocenters. The van der Waals surface area contributed by atoms with Crippen LogP contribution in [0.15, 0.2) is 79.1 Å². The van der Waals surface area contributed by atoms with Crippen molar-refractivity contribution in [2.45, 2.75) is 96.9 Å². The van der Waals surface area contributed by atoms with Gasteiger partial charge >= 0.3 is 31.1 Å². The SMILES string of the molecule is COC(=O)NC(C(=O)NC(Cc1ccc(C#Cc2ccc(-c3cn4c(n3)CN(C)C(=O)C4)cc2)cc1)C(O)CN(Cc1c(F)cc(-c2ccn(C(F)F)n2)cc1F)NC(=O)C(NC(=O)O)C(C)(C)C(F)(F)F)C(C)(C)C(F)(F)F. The number of carbonyl (C=O) groups excluding carboxylic acids is 4. The quantitative estimate of drug-likeness (QED) is 0.0300. The Labute approximate surface area is 444 Å². The second-order valence-corrected chi connectivity index (χ2v) is 19.5. The minimum atomic E-state index is -5.29. The molecule has 6 N–H and O–H groups in total. The van der Waals surface area contributed by atoms with Crippen LogP contribution < -0.4 is 21.4 Å². The number of benzene rings is 3. The van der Waals surface area contributed by atoms with Crippen LogP contribution in [0.1, 0.15) is 62.3 Å². The zero-order valence-electron chi connectivity index (χ0n) is 42.7. The van der Waals surface area contributed by atoms with Gasteiger partial charge in [0.2, 0.25) is 11.8 Å². The van der Waals surface area contributed by atoms with E-state index in [-0.39, 0.29) is 34.0 Å². The lowest BCUT2D eigenvalue weighted by molar-refractivity contribution is -0.221. The number of aliphatic hydroxyl groups is 1. The molecule has 5 amide bonds. The van der Waals surface area contributed by atoms with E-state index in [0.717, 1.165) is 30.8 Å². The Bertz CT molecular complexity index is 3090. The number of halogens is 10. The van der Waals surface area contributed by atoms with E-state index in [9.17, 15) is 69.3 Å². The molecule has 79 heavy (non-hydrogen) atoms. The molecule has 0 spiro atoms. The second kappa shape index (κ2) is 23.8. The molecule has 3 aromatic carbocycles. The van der Waals surface area contributed by atoms with E-state index < -0.39 is 115 Å². The highest BCUT2D eigenvalue weighted by molar-refractivity contribution is 5.87. The summed E-state index contributed by atoms with van der Waals surface area (Å²) in [7, 11) is 2.48. The summed E-state index contributed by atoms with van der Waals surface area (Å²) in [6.45, 7) is -2.93. The molecule has 0 radical (unpaired) electrons. The van der Waals surface area contributed by atoms with E-state index in [0.29, 0.717) is 68.2 Å². The summed E-state index contributed by atoms with van der Waals surface area (Å²) in [5, 5.41) is 31.0. The normalized spacial score (nSPS) is 14.6. The molecule has 0 saturated carbocycles. The first-order valence-electron chi connectivity index (χ1n) is 23.6. The first-order chi connectivity index (χ1) is 36.8. The maximum Gasteiger partial charge on any atom is 0.407 e. The largest absolute Gasteiger partial charge is 0.465 e. The number of hydrogen-bond donors (Lipinski definition) is 6. The molecule has 18 nitrogen and oxygen atoms in total. The third-order valence-corrected chi connectivity index (χ3v) is 13.1. The van der Waals surface area contributed by atoms with Crippen molar-refractivity contribution in [3.05, 3.63) is 119 Å². The summed E-state index contributed by atoms with van der Waals surface area (Å²) in [6, 6.07) is 8.21. The number of amides is 5. The molecule has 0 fully saturated rings. The number of hydrogen-bond acceptors (Lipinski definition) is 10. The fourth-order valence-electron chi connectivity index (χ4n) is 8.01. The van der Waals surface area contributed by atoms with E-state index in [1.165, 1.54) is 29.6 Å². The van der Waals surface area contributed by atoms with Crippen molar-refractivity contribution in [3.63, 3.8) is 0 Å². The van der Waals surface area contributed by atoms with Crippen molar-refractivity contribution in [1.82, 2.24) is 50.6 Å². The number of aromatic nitrogens is 4. The van der Waals surface area contributed by atoms with Crippen LogP contribution >= 0.6 is 0 Å². The van der Waals surface area contributed by atoms with Gasteiger partial charge in [-0.3, -0.25) is 19.8 Å². The van der Waals surface area contributed by atoms with Crippen LogP contribution in [0.4, 0.5) is 53.5 Å². The summed E-state index contributed by atoms with van der Waals surface area (Å²) in [4.78, 5) is 70.3. The van der Waals surface area contributed by atoms with Gasteiger partial charge in [-0.1, -0.05) is 36.1 Å². The number of hydrazine groups is 1. The molecule has 1 aliphatic heterocycles. The van der Waals surface area contributed by atoms with Crippen molar-refractivity contribution in [1.29, 1.82) is 0 Å². The number of alkyl halides is 8. The van der Waals surface area contributed by atoms with E-state index >= 15 is 8.78 Å². The van der Waals surface area contributed by atoms with Crippen molar-refractivity contribution in [2.24, 2.45) is 10.8 Å². The van der Waals surface area contributed by atoms with Gasteiger partial charge in [-0.05, 0) is 82.1 Å². The van der Waals surface area contributed by atoms with Gasteiger partial charge < -0.3 is 40.4 Å². The number of nitrogens with zero attached hydrogens (tertiary/aromatic N) is 6. The highest BCUT2D eigenvalue weighted by Crippen LogP contribution is 2.42. The van der Waals surface area contributed by atoms with Crippen molar-refractivity contribution in [3.8, 4) is 34.4 Å². The summed E-state index contributed by atoms with van der Waals surface area (Å²) < 4.78 is 152. The molecule has 0 saturated heterocycles. The number of carbonyl (C=O) groups is 5. The van der Waals surface area contributed by atoms with Gasteiger partial charge in [-0.15, -0.1) is 0 Å². The summed E-state index contributed by atoms with van der Waals surface area (Å²) in [6.07, 6.45) is -14.2. The number of imidazole rings is 1. The fraction of sp³-hybridized carbons (Fsp3) is 0.392. The Morgan fingerprint density at radius 3 is 1.86 bits per heavy atom. The molecule has 424 valence electrons. The first kappa shape index (κ1) is 60.0. The maximum atomic E-state index is 16.0. The predicted molar refractivity (Wildman–Crippen MR) is 260 cm³/mol. The number of methoxy groups -OCH3 is 1. The fourth-order valence-corrected chi connectivity index (χ4v) is 8.01. The summed E-state index contributed by atoms with van der Waals surface area (Å²) >= 11 is 0. The average Bonchev–Trinajstić information content (AvgIpc) is 4.05. The van der Waals surface area contributed by atoms with Gasteiger partial charge in [0.15, 0.2) is 0 Å². The average molecular weight is 1120 g/mol. The lowest BCUT2D eigenvalue weighted by atomic mass is 9.82. The number of fused-ring (bicyclic) bond motifs is 1. The monoisotopic (exact) mass is 1120 g/mol. The van der Waals surface area contributed by atoms with Crippen molar-refractivity contribution < 1.29 is 82.8 Å². The lowest BCUT2D eigenvalue weighted by Crippen LogP contribution is -2.63. The van der Waals surface area contributed by atoms with Gasteiger partial charge in [-0.25, -0.2) is 33.0 Å². The number of nitrogens with one attached hydrogen (secondary N) is 4. The molecule has 0 bridgehead atoms. The molecule has 0 aliphatic carbocycles. The van der Waals surface area contributed by atoms with Gasteiger partial charge in [0.05, 0.1) is 48.0 Å². The third-order valence-electron chi connectivity index (χ3n) is 13.1. The highest BCUT2D eigenvalue weighted by atomic mass is 19.4. The summed E-state index contributed by atoms with van der Waals surface area (Å²) in [5.74, 6) is 0.346. The van der Waals surface area contributed by atoms with Crippen LogP contribution in [0.5, 0.6) is 0 Å². The third kappa shape index (κ3) is 14.3. The van der Waals surface area contributed by atoms with Gasteiger partial charge in [0, 0.05) is 60.3 Å². The number of rotatable bonds is 18. The topological polar surface area (TPSA) is 225 Å². The molecular weight excluding hydrogens is 1070 g/mol. The maximum absolute atomic E-state index is 16.0. The number of ether oxygens (including phenoxy) is 1. The Kier molecular flexibility index (Phi) is 18.1. The number of carboxylic acid groups (broad SMARTS) is 1. The number of aliphatic hydroxyl groups excluding tert-OH is 1. The van der Waals surface area contributed by atoms with Crippen LogP contribution in [-0.2, 0) is 45.2 Å². The molecule has 2 aromatic heterocycles. The molecular formula is C51H52F10N10O8. The summed E-state index contributed by atoms with van der Waals surface area (Å²) in [5.41, 5.74) is -3.38. The number of likely N-dealkylation sites (N-methyl/N-ethyl adjacent to an activating group) is 1. The van der Waals surface area contributed by atoms with Crippen molar-refractivity contribution in [2.75, 3.05) is 20.7 Å². The van der Waals surface area contributed by atoms with Crippen LogP contribution in [0.3, 0.4) is 0 Å². The van der Waals surface area contributed by atoms with E-state index in [2.05, 4.69) is 32.0 Å². The van der Waals surface area contributed by atoms with Crippen LogP contribution in [0, 0.1) is 34.3 Å². The van der Waals surface area contributed by atoms with E-state index in [1.807, 2.05) is 10.7 Å². The minimum absolute atomic E-state index is 0.0552. The second-order valence-electron chi connectivity index (χ2n) is 19.5. The zero-order chi connectivity index (χ0) is 58.5. The molecule has 1 aliphatic rings. The van der Waals surface area contributed by atoms with Crippen LogP contribution in [0.25, 0.3) is 22.5 Å². The van der Waals surface area contributed by atoms with Crippen LogP contribution in [0.2, 0.25) is 0 Å². The molecule has 3 heterocycles. The van der Waals surface area contributed by atoms with Crippen LogP contribution in [-0.4, -0.2) is 127 Å². The molecule has 5 aromatic rings. The Morgan fingerprint density at radius 2 is 1.34 bits per heavy atom. The van der Waals surface area contributed by atoms with Gasteiger partial charge in [0.25, 0.3) is 5.91 Å². The standard InChI is InChI=1S/C51H52F10N10O8/c1-48(2,50(56,57)58)41(65-47(78)79-6)43(74)63-36(19-29-11-9-27(10-12-29)7-8-28-13-15-30(16-14-28)37-23-69-26-40(73)68(5)25-39(69)62-37)38(72)24-70(67-44(75)42(64-46(76)77)49(3,4)51(59,60)61)22-32-33(52)20-31(21-34(32)53)35-17-18-71(66-35)45(54)55/h9-18,20-21,23,36,38,41-42,45,64,72H,19,22,24-26H2,1-6H3,(H,63,74)(H,65,78)(H,67,75)(H,76,77). The van der Waals surface area contributed by atoms with E-state index in [1.54, 1.807) is 47.0 Å². The molecule has 4 atom stereocenters. The van der Waals surface area contributed by atoms with Gasteiger partial charge in [0.1, 0.15) is 36.1 Å². The molecule has 28 heteroatoms. The first-order valence-corrected chi connectivity index (χ1v) is 23.6. The van der Waals surface area contributed by atoms with E-state index in [4.69, 9.17) is 0 Å². The highest BCUT2D eigenvalue weighted by Gasteiger charge is 2.57. The predicted octanol–water partition coefficient (Wildman–Crippen LogP) is 6.92. The number of alkyl carbamates (subject to hydrolysis) is 1. The lowest BCUT2D eigenvalue weighted by Gasteiger charge is -2.38. The Hall–Kier alpha value is -8.19.